The first-order valence-corrected chi connectivity index (χ1v) is 6.50. The van der Waals surface area contributed by atoms with Crippen molar-refractivity contribution in [3.63, 3.8) is 0 Å². The highest BCUT2D eigenvalue weighted by Gasteiger charge is 2.37. The lowest BCUT2D eigenvalue weighted by molar-refractivity contribution is 0.405. The Morgan fingerprint density at radius 1 is 1.11 bits per heavy atom. The summed E-state index contributed by atoms with van der Waals surface area (Å²) >= 11 is 0. The van der Waals surface area contributed by atoms with Gasteiger partial charge in [0.15, 0.2) is 0 Å². The van der Waals surface area contributed by atoms with Crippen LogP contribution >= 0.6 is 0 Å². The van der Waals surface area contributed by atoms with Crippen LogP contribution in [0.4, 0.5) is 4.39 Å². The molecule has 0 fully saturated rings. The summed E-state index contributed by atoms with van der Waals surface area (Å²) in [6.45, 7) is 1.74. The molecule has 0 N–H and O–H groups in total. The largest absolute Gasteiger partial charge is 0.343 e. The van der Waals surface area contributed by atoms with E-state index < -0.39 is 0 Å². The number of hydrogen-bond donors (Lipinski definition) is 0. The predicted octanol–water partition coefficient (Wildman–Crippen LogP) is 2.99. The van der Waals surface area contributed by atoms with Crippen molar-refractivity contribution >= 4 is 5.84 Å². The van der Waals surface area contributed by atoms with Gasteiger partial charge < -0.3 is 4.90 Å². The second-order valence-corrected chi connectivity index (χ2v) is 4.94. The Morgan fingerprint density at radius 2 is 2.00 bits per heavy atom. The molecular formula is C16H13FN2. The molecule has 0 saturated carbocycles. The number of benzene rings is 2. The lowest BCUT2D eigenvalue weighted by Crippen LogP contribution is -2.26. The van der Waals surface area contributed by atoms with Gasteiger partial charge in [0.1, 0.15) is 11.7 Å². The molecule has 94 valence electrons. The number of fused-ring (bicyclic) bond motifs is 3. The highest BCUT2D eigenvalue weighted by atomic mass is 19.1. The van der Waals surface area contributed by atoms with Crippen LogP contribution in [0.5, 0.6) is 0 Å². The van der Waals surface area contributed by atoms with Gasteiger partial charge >= 0.3 is 0 Å². The normalized spacial score (nSPS) is 20.2. The summed E-state index contributed by atoms with van der Waals surface area (Å²) < 4.78 is 13.5. The lowest BCUT2D eigenvalue weighted by atomic mass is 9.98. The molecule has 1 unspecified atom stereocenters. The Balaban J connectivity index is 1.91. The van der Waals surface area contributed by atoms with E-state index in [9.17, 15) is 4.39 Å². The Kier molecular flexibility index (Phi) is 2.21. The van der Waals surface area contributed by atoms with Crippen molar-refractivity contribution in [3.8, 4) is 0 Å². The van der Waals surface area contributed by atoms with E-state index in [2.05, 4.69) is 22.0 Å². The predicted molar refractivity (Wildman–Crippen MR) is 72.8 cm³/mol. The number of rotatable bonds is 1. The maximum atomic E-state index is 13.5. The highest BCUT2D eigenvalue weighted by molar-refractivity contribution is 6.04. The first-order chi connectivity index (χ1) is 9.34. The molecule has 0 spiro atoms. The molecule has 1 atom stereocenters. The molecule has 0 amide bonds. The summed E-state index contributed by atoms with van der Waals surface area (Å²) in [5, 5.41) is 0. The third-order valence-electron chi connectivity index (χ3n) is 3.85. The zero-order valence-electron chi connectivity index (χ0n) is 10.4. The van der Waals surface area contributed by atoms with Crippen LogP contribution in [-0.4, -0.2) is 23.8 Å². The van der Waals surface area contributed by atoms with Crippen LogP contribution in [0.15, 0.2) is 53.5 Å². The maximum absolute atomic E-state index is 13.5. The van der Waals surface area contributed by atoms with Gasteiger partial charge in [-0.05, 0) is 23.3 Å². The SMILES string of the molecule is Fc1cccc(C2c3ccccc3C3=NCCN32)c1. The van der Waals surface area contributed by atoms with E-state index in [4.69, 9.17) is 0 Å². The van der Waals surface area contributed by atoms with Crippen molar-refractivity contribution in [1.29, 1.82) is 0 Å². The van der Waals surface area contributed by atoms with Crippen LogP contribution in [0.2, 0.25) is 0 Å². The van der Waals surface area contributed by atoms with Gasteiger partial charge in [0, 0.05) is 12.1 Å². The van der Waals surface area contributed by atoms with Crippen molar-refractivity contribution in [3.05, 3.63) is 71.0 Å². The van der Waals surface area contributed by atoms with Crippen LogP contribution in [0, 0.1) is 5.82 Å². The van der Waals surface area contributed by atoms with E-state index in [0.717, 1.165) is 24.5 Å². The van der Waals surface area contributed by atoms with Crippen molar-refractivity contribution < 1.29 is 4.39 Å². The van der Waals surface area contributed by atoms with Gasteiger partial charge in [-0.15, -0.1) is 0 Å². The van der Waals surface area contributed by atoms with Crippen LogP contribution < -0.4 is 0 Å². The van der Waals surface area contributed by atoms with Gasteiger partial charge in [-0.3, -0.25) is 4.99 Å². The van der Waals surface area contributed by atoms with Crippen LogP contribution in [0.3, 0.4) is 0 Å². The molecule has 4 rings (SSSR count). The summed E-state index contributed by atoms with van der Waals surface area (Å²) in [6.07, 6.45) is 0. The second kappa shape index (κ2) is 3.92. The van der Waals surface area contributed by atoms with Crippen molar-refractivity contribution in [2.45, 2.75) is 6.04 Å². The first kappa shape index (κ1) is 10.7. The van der Waals surface area contributed by atoms with E-state index in [1.165, 1.54) is 17.2 Å². The van der Waals surface area contributed by atoms with E-state index in [0.29, 0.717) is 0 Å². The Bertz CT molecular complexity index is 678. The molecule has 2 heterocycles. The third-order valence-corrected chi connectivity index (χ3v) is 3.85. The standard InChI is InChI=1S/C16H13FN2/c17-12-5-3-4-11(10-12)15-13-6-1-2-7-14(13)16-18-8-9-19(15)16/h1-7,10,15H,8-9H2. The molecular weight excluding hydrogens is 239 g/mol. The Labute approximate surface area is 111 Å². The molecule has 2 aromatic carbocycles. The molecule has 2 aromatic rings. The fraction of sp³-hybridized carbons (Fsp3) is 0.188. The summed E-state index contributed by atoms with van der Waals surface area (Å²) in [5.74, 6) is 0.879. The maximum Gasteiger partial charge on any atom is 0.132 e. The number of halogens is 1. The Morgan fingerprint density at radius 3 is 2.89 bits per heavy atom. The zero-order chi connectivity index (χ0) is 12.8. The summed E-state index contributed by atoms with van der Waals surface area (Å²) in [5.41, 5.74) is 3.42. The van der Waals surface area contributed by atoms with Crippen LogP contribution in [-0.2, 0) is 0 Å². The third kappa shape index (κ3) is 1.51. The smallest absolute Gasteiger partial charge is 0.132 e. The quantitative estimate of drug-likeness (QED) is 0.761. The molecule has 0 bridgehead atoms. The van der Waals surface area contributed by atoms with Gasteiger partial charge in [-0.1, -0.05) is 36.4 Å². The lowest BCUT2D eigenvalue weighted by Gasteiger charge is -2.23. The molecule has 0 aromatic heterocycles. The molecule has 0 saturated heterocycles. The highest BCUT2D eigenvalue weighted by Crippen LogP contribution is 2.40. The molecule has 19 heavy (non-hydrogen) atoms. The van der Waals surface area contributed by atoms with E-state index in [1.54, 1.807) is 12.1 Å². The van der Waals surface area contributed by atoms with Crippen molar-refractivity contribution in [1.82, 2.24) is 4.90 Å². The number of aliphatic imine (C=N–C) groups is 1. The number of hydrogen-bond acceptors (Lipinski definition) is 2. The minimum atomic E-state index is -0.181. The zero-order valence-corrected chi connectivity index (χ0v) is 10.4. The monoisotopic (exact) mass is 252 g/mol. The molecule has 2 aliphatic rings. The number of nitrogens with zero attached hydrogens (tertiary/aromatic N) is 2. The fourth-order valence-electron chi connectivity index (χ4n) is 3.09. The average Bonchev–Trinajstić information content (AvgIpc) is 2.98. The molecule has 0 aliphatic carbocycles. The van der Waals surface area contributed by atoms with Gasteiger partial charge in [-0.25, -0.2) is 4.39 Å². The van der Waals surface area contributed by atoms with Crippen molar-refractivity contribution in [2.24, 2.45) is 4.99 Å². The van der Waals surface area contributed by atoms with Crippen LogP contribution in [0.25, 0.3) is 0 Å². The van der Waals surface area contributed by atoms with Crippen LogP contribution in [0.1, 0.15) is 22.7 Å². The minimum Gasteiger partial charge on any atom is -0.343 e. The topological polar surface area (TPSA) is 15.6 Å². The second-order valence-electron chi connectivity index (χ2n) is 4.94. The molecule has 0 radical (unpaired) electrons. The first-order valence-electron chi connectivity index (χ1n) is 6.50. The van der Waals surface area contributed by atoms with E-state index in [1.807, 2.05) is 18.2 Å². The minimum absolute atomic E-state index is 0.105. The van der Waals surface area contributed by atoms with Gasteiger partial charge in [0.2, 0.25) is 0 Å². The average molecular weight is 252 g/mol. The van der Waals surface area contributed by atoms with Gasteiger partial charge in [-0.2, -0.15) is 0 Å². The fourth-order valence-corrected chi connectivity index (χ4v) is 3.09. The molecule has 3 heteroatoms. The van der Waals surface area contributed by atoms with E-state index in [-0.39, 0.29) is 11.9 Å². The molecule has 2 nitrogen and oxygen atoms in total. The van der Waals surface area contributed by atoms with Crippen molar-refractivity contribution in [2.75, 3.05) is 13.1 Å². The Hall–Kier alpha value is -2.16. The van der Waals surface area contributed by atoms with Gasteiger partial charge in [0.25, 0.3) is 0 Å². The summed E-state index contributed by atoms with van der Waals surface area (Å²) in [7, 11) is 0. The summed E-state index contributed by atoms with van der Waals surface area (Å²) in [4.78, 5) is 6.86. The van der Waals surface area contributed by atoms with E-state index >= 15 is 0 Å². The summed E-state index contributed by atoms with van der Waals surface area (Å²) in [6, 6.07) is 15.3. The molecule has 2 aliphatic heterocycles. The number of amidine groups is 1. The van der Waals surface area contributed by atoms with Gasteiger partial charge in [0.05, 0.1) is 12.6 Å².